The van der Waals surface area contributed by atoms with E-state index in [4.69, 9.17) is 0 Å². The third kappa shape index (κ3) is 4.64. The average molecular weight is 408 g/mol. The van der Waals surface area contributed by atoms with Crippen molar-refractivity contribution < 1.29 is 9.18 Å². The number of aryl methyl sites for hydroxylation is 2. The van der Waals surface area contributed by atoms with Crippen molar-refractivity contribution in [3.63, 3.8) is 0 Å². The number of hydrogen-bond acceptors (Lipinski definition) is 4. The van der Waals surface area contributed by atoms with Gasteiger partial charge in [0, 0.05) is 18.7 Å². The van der Waals surface area contributed by atoms with Gasteiger partial charge in [-0.1, -0.05) is 23.5 Å². The maximum absolute atomic E-state index is 14.0. The van der Waals surface area contributed by atoms with Crippen molar-refractivity contribution in [3.05, 3.63) is 58.9 Å². The fourth-order valence-corrected chi connectivity index (χ4v) is 3.64. The van der Waals surface area contributed by atoms with Crippen LogP contribution in [0.3, 0.4) is 0 Å². The van der Waals surface area contributed by atoms with Crippen LogP contribution in [0.5, 0.6) is 0 Å². The Morgan fingerprint density at radius 3 is 2.48 bits per heavy atom. The van der Waals surface area contributed by atoms with Crippen LogP contribution >= 0.6 is 23.7 Å². The van der Waals surface area contributed by atoms with E-state index in [1.54, 1.807) is 11.0 Å². The second-order valence-electron chi connectivity index (χ2n) is 6.64. The molecule has 0 aliphatic heterocycles. The number of carbonyl (C=O) groups is 1. The number of likely N-dealkylation sites (N-methyl/N-ethyl adjacent to an activating group) is 1. The minimum atomic E-state index is -0.365. The summed E-state index contributed by atoms with van der Waals surface area (Å²) in [4.78, 5) is 21.2. The number of hydrogen-bond donors (Lipinski definition) is 0. The van der Waals surface area contributed by atoms with Gasteiger partial charge in [0.15, 0.2) is 5.13 Å². The zero-order valence-corrected chi connectivity index (χ0v) is 17.5. The molecule has 3 rings (SSSR count). The molecule has 1 aromatic heterocycles. The summed E-state index contributed by atoms with van der Waals surface area (Å²) in [6.07, 6.45) is 0. The Labute approximate surface area is 169 Å². The topological polar surface area (TPSA) is 36.4 Å². The fourth-order valence-electron chi connectivity index (χ4n) is 2.63. The molecule has 7 heteroatoms. The van der Waals surface area contributed by atoms with Gasteiger partial charge in [-0.25, -0.2) is 9.37 Å². The zero-order valence-electron chi connectivity index (χ0n) is 15.8. The highest BCUT2D eigenvalue weighted by Crippen LogP contribution is 2.31. The van der Waals surface area contributed by atoms with Gasteiger partial charge >= 0.3 is 0 Å². The lowest BCUT2D eigenvalue weighted by atomic mass is 10.1. The largest absolute Gasteiger partial charge is 0.308 e. The molecule has 0 unspecified atom stereocenters. The molecule has 0 spiro atoms. The molecule has 0 fully saturated rings. The van der Waals surface area contributed by atoms with Crippen LogP contribution in [0, 0.1) is 19.7 Å². The summed E-state index contributed by atoms with van der Waals surface area (Å²) in [6.45, 7) is 5.18. The van der Waals surface area contributed by atoms with Crippen molar-refractivity contribution in [1.82, 2.24) is 9.88 Å². The quantitative estimate of drug-likeness (QED) is 0.616. The first-order valence-electron chi connectivity index (χ1n) is 8.45. The summed E-state index contributed by atoms with van der Waals surface area (Å²) in [7, 11) is 3.91. The molecule has 2 aromatic carbocycles. The number of para-hydroxylation sites is 1. The maximum atomic E-state index is 14.0. The van der Waals surface area contributed by atoms with Gasteiger partial charge in [0.25, 0.3) is 5.91 Å². The summed E-state index contributed by atoms with van der Waals surface area (Å²) in [5.41, 5.74) is 3.14. The molecule has 0 bridgehead atoms. The molecular weight excluding hydrogens is 385 g/mol. The number of carbonyl (C=O) groups excluding carboxylic acids is 1. The lowest BCUT2D eigenvalue weighted by Crippen LogP contribution is -2.36. The van der Waals surface area contributed by atoms with E-state index in [1.807, 2.05) is 57.1 Å². The molecule has 3 aromatic rings. The number of halogens is 2. The molecule has 0 saturated heterocycles. The van der Waals surface area contributed by atoms with Gasteiger partial charge in [-0.2, -0.15) is 0 Å². The van der Waals surface area contributed by atoms with Crippen molar-refractivity contribution in [3.8, 4) is 0 Å². The molecule has 144 valence electrons. The maximum Gasteiger partial charge on any atom is 0.260 e. The molecular formula is C20H23ClFN3OS. The minimum Gasteiger partial charge on any atom is -0.308 e. The van der Waals surface area contributed by atoms with E-state index >= 15 is 0 Å². The highest BCUT2D eigenvalue weighted by atomic mass is 35.5. The van der Waals surface area contributed by atoms with Gasteiger partial charge in [-0.3, -0.25) is 9.69 Å². The van der Waals surface area contributed by atoms with Crippen molar-refractivity contribution >= 4 is 45.0 Å². The Morgan fingerprint density at radius 1 is 1.11 bits per heavy atom. The summed E-state index contributed by atoms with van der Waals surface area (Å²) in [5.74, 6) is -0.481. The summed E-state index contributed by atoms with van der Waals surface area (Å²) >= 11 is 1.34. The number of aromatic nitrogens is 1. The fraction of sp³-hybridized carbons (Fsp3) is 0.300. The zero-order chi connectivity index (χ0) is 18.8. The van der Waals surface area contributed by atoms with E-state index in [1.165, 1.54) is 17.4 Å². The van der Waals surface area contributed by atoms with E-state index in [9.17, 15) is 9.18 Å². The molecule has 0 aliphatic rings. The number of amides is 1. The number of fused-ring (bicyclic) bond motifs is 1. The lowest BCUT2D eigenvalue weighted by molar-refractivity contribution is 0.0985. The van der Waals surface area contributed by atoms with Crippen molar-refractivity contribution in [2.24, 2.45) is 0 Å². The Hall–Kier alpha value is -2.02. The molecule has 1 amide bonds. The number of benzene rings is 2. The van der Waals surface area contributed by atoms with E-state index < -0.39 is 0 Å². The van der Waals surface area contributed by atoms with Crippen LogP contribution in [0.1, 0.15) is 21.5 Å². The van der Waals surface area contributed by atoms with Gasteiger partial charge in [0.05, 0.1) is 4.70 Å². The molecule has 0 N–H and O–H groups in total. The van der Waals surface area contributed by atoms with Gasteiger partial charge in [0.2, 0.25) is 0 Å². The molecule has 0 saturated carbocycles. The van der Waals surface area contributed by atoms with Crippen LogP contribution in [0.2, 0.25) is 0 Å². The third-order valence-corrected chi connectivity index (χ3v) is 5.40. The molecule has 1 heterocycles. The molecule has 27 heavy (non-hydrogen) atoms. The smallest absolute Gasteiger partial charge is 0.260 e. The first-order chi connectivity index (χ1) is 12.4. The van der Waals surface area contributed by atoms with Crippen LogP contribution in [0.25, 0.3) is 10.2 Å². The first kappa shape index (κ1) is 21.3. The minimum absolute atomic E-state index is 0. The Bertz CT molecular complexity index is 958. The lowest BCUT2D eigenvalue weighted by Gasteiger charge is -2.22. The van der Waals surface area contributed by atoms with Crippen molar-refractivity contribution in [2.75, 3.05) is 32.1 Å². The number of rotatable bonds is 5. The molecule has 0 radical (unpaired) electrons. The summed E-state index contributed by atoms with van der Waals surface area (Å²) in [6, 6.07) is 10.6. The van der Waals surface area contributed by atoms with E-state index in [2.05, 4.69) is 4.98 Å². The van der Waals surface area contributed by atoms with E-state index in [-0.39, 0.29) is 24.1 Å². The Kier molecular flexibility index (Phi) is 6.92. The van der Waals surface area contributed by atoms with Gasteiger partial charge < -0.3 is 4.90 Å². The normalized spacial score (nSPS) is 10.9. The number of nitrogens with zero attached hydrogens (tertiary/aromatic N) is 3. The van der Waals surface area contributed by atoms with Crippen LogP contribution in [0.4, 0.5) is 9.52 Å². The highest BCUT2D eigenvalue weighted by molar-refractivity contribution is 7.22. The second-order valence-corrected chi connectivity index (χ2v) is 7.65. The van der Waals surface area contributed by atoms with Crippen molar-refractivity contribution in [1.29, 1.82) is 0 Å². The Morgan fingerprint density at radius 2 is 1.85 bits per heavy atom. The highest BCUT2D eigenvalue weighted by Gasteiger charge is 2.22. The van der Waals surface area contributed by atoms with Gasteiger partial charge in [-0.05, 0) is 63.3 Å². The van der Waals surface area contributed by atoms with Crippen LogP contribution in [-0.2, 0) is 0 Å². The summed E-state index contributed by atoms with van der Waals surface area (Å²) < 4.78 is 14.8. The van der Waals surface area contributed by atoms with Crippen molar-refractivity contribution in [2.45, 2.75) is 13.8 Å². The Balaban J connectivity index is 0.00000261. The molecule has 0 aliphatic carbocycles. The molecule has 0 atom stereocenters. The number of thiazole rings is 1. The van der Waals surface area contributed by atoms with Gasteiger partial charge in [0.1, 0.15) is 11.3 Å². The summed E-state index contributed by atoms with van der Waals surface area (Å²) in [5, 5.41) is 0.523. The third-order valence-electron chi connectivity index (χ3n) is 4.36. The predicted molar refractivity (Wildman–Crippen MR) is 113 cm³/mol. The monoisotopic (exact) mass is 407 g/mol. The standard InChI is InChI=1S/C20H22FN3OS.ClH/c1-13-8-9-15(12-14(13)2)19(25)24(11-10-23(3)4)20-22-18-16(21)6-5-7-17(18)26-20;/h5-9,12H,10-11H2,1-4H3;1H. The SMILES string of the molecule is Cc1ccc(C(=O)N(CCN(C)C)c2nc3c(F)cccc3s2)cc1C.Cl. The van der Waals surface area contributed by atoms with Crippen LogP contribution in [0.15, 0.2) is 36.4 Å². The van der Waals surface area contributed by atoms with Crippen LogP contribution < -0.4 is 4.90 Å². The van der Waals surface area contributed by atoms with Gasteiger partial charge in [-0.15, -0.1) is 12.4 Å². The average Bonchev–Trinajstić information content (AvgIpc) is 3.02. The van der Waals surface area contributed by atoms with Crippen LogP contribution in [-0.4, -0.2) is 43.0 Å². The molecule has 4 nitrogen and oxygen atoms in total. The van der Waals surface area contributed by atoms with E-state index in [0.717, 1.165) is 15.8 Å². The second kappa shape index (κ2) is 8.78. The van der Waals surface area contributed by atoms with E-state index in [0.29, 0.717) is 29.3 Å². The first-order valence-corrected chi connectivity index (χ1v) is 9.27. The predicted octanol–water partition coefficient (Wildman–Crippen LogP) is 4.68. The number of anilines is 1.